The van der Waals surface area contributed by atoms with E-state index < -0.39 is 0 Å². The molecule has 0 aliphatic rings. The minimum Gasteiger partial charge on any atom is -0.321 e. The minimum atomic E-state index is -0.274. The lowest BCUT2D eigenvalue weighted by atomic mass is 10.2. The van der Waals surface area contributed by atoms with Crippen LogP contribution in [-0.4, -0.2) is 25.4 Å². The van der Waals surface area contributed by atoms with E-state index in [0.29, 0.717) is 17.1 Å². The molecule has 0 saturated heterocycles. The average Bonchev–Trinajstić information content (AvgIpc) is 2.88. The van der Waals surface area contributed by atoms with Gasteiger partial charge in [0.2, 0.25) is 0 Å². The fraction of sp³-hybridized carbons (Fsp3) is 0.176. The molecule has 1 N–H and O–H groups in total. The van der Waals surface area contributed by atoms with Gasteiger partial charge in [-0.2, -0.15) is 0 Å². The van der Waals surface area contributed by atoms with Gasteiger partial charge in [-0.15, -0.1) is 0 Å². The van der Waals surface area contributed by atoms with Gasteiger partial charge in [0.15, 0.2) is 0 Å². The number of carbonyl (C=O) groups is 1. The quantitative estimate of drug-likeness (QED) is 0.807. The number of nitrogens with zero attached hydrogens (tertiary/aromatic N) is 4. The van der Waals surface area contributed by atoms with Crippen molar-refractivity contribution in [2.45, 2.75) is 20.8 Å². The lowest BCUT2D eigenvalue weighted by molar-refractivity contribution is 0.102. The molecule has 116 valence electrons. The Morgan fingerprint density at radius 3 is 2.43 bits per heavy atom. The van der Waals surface area contributed by atoms with E-state index in [0.717, 1.165) is 17.1 Å². The van der Waals surface area contributed by atoms with Crippen molar-refractivity contribution in [3.05, 3.63) is 65.8 Å². The number of nitrogens with one attached hydrogen (secondary N) is 1. The number of carbonyl (C=O) groups excluding carboxylic acids is 1. The Balaban J connectivity index is 1.78. The standard InChI is InChI=1S/C17H17N5O/c1-11-8-18-9-16(20-11)17(23)21-14-4-6-15(7-5-14)22-10-19-12(2)13(22)3/h4-10H,1-3H3,(H,21,23). The summed E-state index contributed by atoms with van der Waals surface area (Å²) >= 11 is 0. The van der Waals surface area contributed by atoms with E-state index >= 15 is 0 Å². The SMILES string of the molecule is Cc1cncc(C(=O)Nc2ccc(-n3cnc(C)c3C)cc2)n1. The highest BCUT2D eigenvalue weighted by Gasteiger charge is 2.09. The molecule has 2 aromatic heterocycles. The van der Waals surface area contributed by atoms with Crippen molar-refractivity contribution in [3.63, 3.8) is 0 Å². The molecule has 23 heavy (non-hydrogen) atoms. The molecule has 0 bridgehead atoms. The maximum Gasteiger partial charge on any atom is 0.275 e. The van der Waals surface area contributed by atoms with Crippen LogP contribution in [0.2, 0.25) is 0 Å². The number of aromatic nitrogens is 4. The maximum absolute atomic E-state index is 12.1. The zero-order chi connectivity index (χ0) is 16.4. The van der Waals surface area contributed by atoms with E-state index in [4.69, 9.17) is 0 Å². The number of benzene rings is 1. The Kier molecular flexibility index (Phi) is 3.89. The van der Waals surface area contributed by atoms with Crippen molar-refractivity contribution in [1.82, 2.24) is 19.5 Å². The summed E-state index contributed by atoms with van der Waals surface area (Å²) < 4.78 is 2.01. The molecule has 1 amide bonds. The van der Waals surface area contributed by atoms with Crippen LogP contribution in [0.1, 0.15) is 27.6 Å². The van der Waals surface area contributed by atoms with Crippen molar-refractivity contribution in [2.24, 2.45) is 0 Å². The van der Waals surface area contributed by atoms with Crippen LogP contribution >= 0.6 is 0 Å². The molecular weight excluding hydrogens is 290 g/mol. The van der Waals surface area contributed by atoms with Crippen molar-refractivity contribution < 1.29 is 4.79 Å². The molecule has 6 heteroatoms. The monoisotopic (exact) mass is 307 g/mol. The van der Waals surface area contributed by atoms with Gasteiger partial charge in [0, 0.05) is 23.3 Å². The summed E-state index contributed by atoms with van der Waals surface area (Å²) in [5.41, 5.74) is 4.80. The van der Waals surface area contributed by atoms with Crippen LogP contribution in [0, 0.1) is 20.8 Å². The van der Waals surface area contributed by atoms with Crippen LogP contribution in [0.25, 0.3) is 5.69 Å². The molecule has 0 aliphatic carbocycles. The van der Waals surface area contributed by atoms with Gasteiger partial charge in [-0.25, -0.2) is 9.97 Å². The lowest BCUT2D eigenvalue weighted by Gasteiger charge is -2.08. The lowest BCUT2D eigenvalue weighted by Crippen LogP contribution is -2.14. The van der Waals surface area contributed by atoms with Gasteiger partial charge in [0.25, 0.3) is 5.91 Å². The molecule has 2 heterocycles. The molecule has 0 atom stereocenters. The highest BCUT2D eigenvalue weighted by molar-refractivity contribution is 6.02. The largest absolute Gasteiger partial charge is 0.321 e. The molecular formula is C17H17N5O. The average molecular weight is 307 g/mol. The topological polar surface area (TPSA) is 72.7 Å². The normalized spacial score (nSPS) is 10.6. The van der Waals surface area contributed by atoms with Gasteiger partial charge in [-0.3, -0.25) is 9.78 Å². The van der Waals surface area contributed by atoms with Crippen molar-refractivity contribution >= 4 is 11.6 Å². The van der Waals surface area contributed by atoms with Gasteiger partial charge < -0.3 is 9.88 Å². The molecule has 0 fully saturated rings. The van der Waals surface area contributed by atoms with E-state index in [2.05, 4.69) is 20.3 Å². The minimum absolute atomic E-state index is 0.274. The number of hydrogen-bond donors (Lipinski definition) is 1. The van der Waals surface area contributed by atoms with Gasteiger partial charge in [0.1, 0.15) is 5.69 Å². The molecule has 3 aromatic rings. The smallest absolute Gasteiger partial charge is 0.275 e. The molecule has 0 saturated carbocycles. The van der Waals surface area contributed by atoms with Gasteiger partial charge in [-0.05, 0) is 45.0 Å². The fourth-order valence-corrected chi connectivity index (χ4v) is 2.23. The molecule has 0 aliphatic heterocycles. The number of aryl methyl sites for hydroxylation is 2. The Hall–Kier alpha value is -3.02. The second-order valence-corrected chi connectivity index (χ2v) is 5.33. The number of amides is 1. The Bertz CT molecular complexity index is 852. The highest BCUT2D eigenvalue weighted by Crippen LogP contribution is 2.17. The molecule has 1 aromatic carbocycles. The van der Waals surface area contributed by atoms with Gasteiger partial charge >= 0.3 is 0 Å². The first kappa shape index (κ1) is 14.9. The number of imidazole rings is 1. The van der Waals surface area contributed by atoms with Crippen LogP contribution in [-0.2, 0) is 0 Å². The summed E-state index contributed by atoms with van der Waals surface area (Å²) in [6.45, 7) is 5.80. The number of hydrogen-bond acceptors (Lipinski definition) is 4. The van der Waals surface area contributed by atoms with E-state index in [-0.39, 0.29) is 5.91 Å². The van der Waals surface area contributed by atoms with Crippen LogP contribution in [0.3, 0.4) is 0 Å². The fourth-order valence-electron chi connectivity index (χ4n) is 2.23. The summed E-state index contributed by atoms with van der Waals surface area (Å²) in [5, 5.41) is 2.82. The summed E-state index contributed by atoms with van der Waals surface area (Å²) in [4.78, 5) is 24.6. The molecule has 0 radical (unpaired) electrons. The summed E-state index contributed by atoms with van der Waals surface area (Å²) in [5.74, 6) is -0.274. The third-order valence-electron chi connectivity index (χ3n) is 3.64. The predicted octanol–water partition coefficient (Wildman–Crippen LogP) is 2.84. The molecule has 6 nitrogen and oxygen atoms in total. The predicted molar refractivity (Wildman–Crippen MR) is 87.8 cm³/mol. The van der Waals surface area contributed by atoms with Gasteiger partial charge in [-0.1, -0.05) is 0 Å². The van der Waals surface area contributed by atoms with Gasteiger partial charge in [0.05, 0.1) is 23.9 Å². The second-order valence-electron chi connectivity index (χ2n) is 5.33. The van der Waals surface area contributed by atoms with E-state index in [9.17, 15) is 4.79 Å². The van der Waals surface area contributed by atoms with Crippen molar-refractivity contribution in [1.29, 1.82) is 0 Å². The molecule has 3 rings (SSSR count). The van der Waals surface area contributed by atoms with Crippen LogP contribution in [0.4, 0.5) is 5.69 Å². The van der Waals surface area contributed by atoms with E-state index in [1.807, 2.05) is 42.7 Å². The first-order valence-corrected chi connectivity index (χ1v) is 7.25. The Labute approximate surface area is 134 Å². The van der Waals surface area contributed by atoms with Crippen LogP contribution < -0.4 is 5.32 Å². The third-order valence-corrected chi connectivity index (χ3v) is 3.64. The first-order valence-electron chi connectivity index (χ1n) is 7.25. The molecule has 0 unspecified atom stereocenters. The number of rotatable bonds is 3. The Morgan fingerprint density at radius 1 is 1.09 bits per heavy atom. The summed E-state index contributed by atoms with van der Waals surface area (Å²) in [6, 6.07) is 7.58. The van der Waals surface area contributed by atoms with Crippen molar-refractivity contribution in [3.8, 4) is 5.69 Å². The molecule has 0 spiro atoms. The Morgan fingerprint density at radius 2 is 1.83 bits per heavy atom. The summed E-state index contributed by atoms with van der Waals surface area (Å²) in [7, 11) is 0. The highest BCUT2D eigenvalue weighted by atomic mass is 16.1. The zero-order valence-corrected chi connectivity index (χ0v) is 13.2. The van der Waals surface area contributed by atoms with Crippen LogP contribution in [0.5, 0.6) is 0 Å². The zero-order valence-electron chi connectivity index (χ0n) is 13.2. The van der Waals surface area contributed by atoms with E-state index in [1.165, 1.54) is 6.20 Å². The number of anilines is 1. The summed E-state index contributed by atoms with van der Waals surface area (Å²) in [6.07, 6.45) is 4.86. The third kappa shape index (κ3) is 3.11. The van der Waals surface area contributed by atoms with Crippen molar-refractivity contribution in [2.75, 3.05) is 5.32 Å². The first-order chi connectivity index (χ1) is 11.0. The second kappa shape index (κ2) is 6.00. The maximum atomic E-state index is 12.1. The van der Waals surface area contributed by atoms with Crippen LogP contribution in [0.15, 0.2) is 43.0 Å². The van der Waals surface area contributed by atoms with E-state index in [1.54, 1.807) is 19.4 Å².